The van der Waals surface area contributed by atoms with Gasteiger partial charge in [0.25, 0.3) is 0 Å². The van der Waals surface area contributed by atoms with Gasteiger partial charge in [0.15, 0.2) is 0 Å². The van der Waals surface area contributed by atoms with Crippen LogP contribution >= 0.6 is 0 Å². The summed E-state index contributed by atoms with van der Waals surface area (Å²) < 4.78 is 5.56. The molecule has 0 rings (SSSR count). The van der Waals surface area contributed by atoms with Gasteiger partial charge in [0.2, 0.25) is 0 Å². The first-order chi connectivity index (χ1) is 9.61. The molecular weight excluding hydrogens is 248 g/mol. The Bertz CT molecular complexity index is 258. The quantitative estimate of drug-likeness (QED) is 0.242. The van der Waals surface area contributed by atoms with Crippen LogP contribution in [0.2, 0.25) is 0 Å². The van der Waals surface area contributed by atoms with Crippen molar-refractivity contribution >= 4 is 5.97 Å². The van der Waals surface area contributed by atoms with E-state index in [2.05, 4.69) is 20.4 Å². The summed E-state index contributed by atoms with van der Waals surface area (Å²) in [7, 11) is 0. The van der Waals surface area contributed by atoms with Crippen LogP contribution in [0.1, 0.15) is 91.4 Å². The Morgan fingerprint density at radius 2 is 1.35 bits per heavy atom. The number of ether oxygens (including phenoxy) is 1. The minimum Gasteiger partial charge on any atom is -0.459 e. The predicted molar refractivity (Wildman–Crippen MR) is 86.8 cm³/mol. The van der Waals surface area contributed by atoms with Crippen LogP contribution in [-0.4, -0.2) is 12.1 Å². The van der Waals surface area contributed by atoms with E-state index >= 15 is 0 Å². The van der Waals surface area contributed by atoms with Gasteiger partial charge in [0.1, 0.15) is 6.10 Å². The van der Waals surface area contributed by atoms with Crippen LogP contribution in [0, 0.1) is 0 Å². The molecule has 0 radical (unpaired) electrons. The Hall–Kier alpha value is -0.790. The normalized spacial score (nSPS) is 12.2. The van der Waals surface area contributed by atoms with Crippen LogP contribution in [0.4, 0.5) is 0 Å². The van der Waals surface area contributed by atoms with Crippen LogP contribution < -0.4 is 0 Å². The first kappa shape index (κ1) is 19.2. The van der Waals surface area contributed by atoms with E-state index in [0.717, 1.165) is 19.3 Å². The summed E-state index contributed by atoms with van der Waals surface area (Å²) in [5, 5.41) is 0. The van der Waals surface area contributed by atoms with Crippen molar-refractivity contribution < 1.29 is 9.53 Å². The standard InChI is InChI=1S/C18H34O2/c1-5-7-9-11-13-15-17(14-12-10-8-6-2)20-18(19)16(3)4/h17H,3,5-15H2,1-2,4H3. The molecule has 20 heavy (non-hydrogen) atoms. The molecule has 0 aromatic rings. The highest BCUT2D eigenvalue weighted by atomic mass is 16.5. The molecule has 0 bridgehead atoms. The topological polar surface area (TPSA) is 26.3 Å². The van der Waals surface area contributed by atoms with Crippen LogP contribution in [-0.2, 0) is 9.53 Å². The van der Waals surface area contributed by atoms with Gasteiger partial charge < -0.3 is 4.74 Å². The van der Waals surface area contributed by atoms with Gasteiger partial charge in [-0.1, -0.05) is 65.4 Å². The van der Waals surface area contributed by atoms with E-state index in [1.54, 1.807) is 6.92 Å². The van der Waals surface area contributed by atoms with E-state index in [1.165, 1.54) is 51.4 Å². The zero-order valence-corrected chi connectivity index (χ0v) is 13.9. The van der Waals surface area contributed by atoms with Crippen molar-refractivity contribution in [2.45, 2.75) is 97.5 Å². The molecule has 0 saturated heterocycles. The summed E-state index contributed by atoms with van der Waals surface area (Å²) in [5.41, 5.74) is 0.509. The second-order valence-corrected chi connectivity index (χ2v) is 5.86. The highest BCUT2D eigenvalue weighted by Crippen LogP contribution is 2.16. The Balaban J connectivity index is 3.97. The molecule has 2 heteroatoms. The van der Waals surface area contributed by atoms with Crippen molar-refractivity contribution in [3.05, 3.63) is 12.2 Å². The zero-order valence-electron chi connectivity index (χ0n) is 13.9. The fraction of sp³-hybridized carbons (Fsp3) is 0.833. The molecule has 118 valence electrons. The monoisotopic (exact) mass is 282 g/mol. The lowest BCUT2D eigenvalue weighted by Gasteiger charge is -2.18. The highest BCUT2D eigenvalue weighted by Gasteiger charge is 2.14. The summed E-state index contributed by atoms with van der Waals surface area (Å²) in [5.74, 6) is -0.223. The maximum atomic E-state index is 11.7. The molecule has 0 fully saturated rings. The van der Waals surface area contributed by atoms with E-state index in [1.807, 2.05) is 0 Å². The van der Waals surface area contributed by atoms with Gasteiger partial charge in [-0.3, -0.25) is 0 Å². The van der Waals surface area contributed by atoms with Crippen molar-refractivity contribution in [3.63, 3.8) is 0 Å². The molecular formula is C18H34O2. The maximum absolute atomic E-state index is 11.7. The van der Waals surface area contributed by atoms with E-state index in [9.17, 15) is 4.79 Å². The summed E-state index contributed by atoms with van der Waals surface area (Å²) in [6.45, 7) is 9.83. The molecule has 0 N–H and O–H groups in total. The lowest BCUT2D eigenvalue weighted by Crippen LogP contribution is -2.18. The van der Waals surface area contributed by atoms with Gasteiger partial charge in [-0.05, 0) is 32.6 Å². The van der Waals surface area contributed by atoms with Crippen molar-refractivity contribution in [1.29, 1.82) is 0 Å². The molecule has 0 saturated carbocycles. The summed E-state index contributed by atoms with van der Waals surface area (Å²) in [4.78, 5) is 11.7. The third-order valence-electron chi connectivity index (χ3n) is 3.63. The number of carbonyl (C=O) groups excluding carboxylic acids is 1. The lowest BCUT2D eigenvalue weighted by atomic mass is 10.0. The highest BCUT2D eigenvalue weighted by molar-refractivity contribution is 5.87. The molecule has 0 heterocycles. The van der Waals surface area contributed by atoms with E-state index in [4.69, 9.17) is 4.74 Å². The largest absolute Gasteiger partial charge is 0.459 e. The van der Waals surface area contributed by atoms with Crippen LogP contribution in [0.15, 0.2) is 12.2 Å². The molecule has 0 spiro atoms. The van der Waals surface area contributed by atoms with E-state index in [0.29, 0.717) is 5.57 Å². The molecule has 0 aliphatic heterocycles. The zero-order chi connectivity index (χ0) is 15.2. The molecule has 0 aliphatic rings. The Labute approximate surface area is 126 Å². The van der Waals surface area contributed by atoms with E-state index < -0.39 is 0 Å². The predicted octanol–water partition coefficient (Wildman–Crippen LogP) is 5.81. The second-order valence-electron chi connectivity index (χ2n) is 5.86. The average Bonchev–Trinajstić information content (AvgIpc) is 2.42. The number of esters is 1. The lowest BCUT2D eigenvalue weighted by molar-refractivity contribution is -0.145. The second kappa shape index (κ2) is 13.2. The number of unbranched alkanes of at least 4 members (excludes halogenated alkanes) is 7. The summed E-state index contributed by atoms with van der Waals surface area (Å²) in [6.07, 6.45) is 13.3. The molecule has 1 unspecified atom stereocenters. The average molecular weight is 282 g/mol. The van der Waals surface area contributed by atoms with Crippen LogP contribution in [0.3, 0.4) is 0 Å². The number of rotatable bonds is 13. The Morgan fingerprint density at radius 3 is 1.80 bits per heavy atom. The van der Waals surface area contributed by atoms with Crippen molar-refractivity contribution in [3.8, 4) is 0 Å². The number of hydrogen-bond donors (Lipinski definition) is 0. The Kier molecular flexibility index (Phi) is 12.7. The molecule has 0 amide bonds. The van der Waals surface area contributed by atoms with E-state index in [-0.39, 0.29) is 12.1 Å². The maximum Gasteiger partial charge on any atom is 0.333 e. The van der Waals surface area contributed by atoms with Gasteiger partial charge >= 0.3 is 5.97 Å². The van der Waals surface area contributed by atoms with Gasteiger partial charge in [0.05, 0.1) is 0 Å². The number of carbonyl (C=O) groups is 1. The van der Waals surface area contributed by atoms with Crippen molar-refractivity contribution in [2.75, 3.05) is 0 Å². The minimum absolute atomic E-state index is 0.0951. The third-order valence-corrected chi connectivity index (χ3v) is 3.63. The van der Waals surface area contributed by atoms with Gasteiger partial charge in [-0.15, -0.1) is 0 Å². The molecule has 0 aliphatic carbocycles. The van der Waals surface area contributed by atoms with Gasteiger partial charge in [-0.25, -0.2) is 4.79 Å². The van der Waals surface area contributed by atoms with Crippen molar-refractivity contribution in [1.82, 2.24) is 0 Å². The fourth-order valence-corrected chi connectivity index (χ4v) is 2.29. The van der Waals surface area contributed by atoms with Crippen molar-refractivity contribution in [2.24, 2.45) is 0 Å². The summed E-state index contributed by atoms with van der Waals surface area (Å²) >= 11 is 0. The SMILES string of the molecule is C=C(C)C(=O)OC(CCCCCC)CCCCCCC. The molecule has 1 atom stereocenters. The molecule has 0 aromatic carbocycles. The van der Waals surface area contributed by atoms with Crippen LogP contribution in [0.5, 0.6) is 0 Å². The first-order valence-electron chi connectivity index (χ1n) is 8.48. The van der Waals surface area contributed by atoms with Gasteiger partial charge in [-0.2, -0.15) is 0 Å². The Morgan fingerprint density at radius 1 is 0.900 bits per heavy atom. The third kappa shape index (κ3) is 11.1. The fourth-order valence-electron chi connectivity index (χ4n) is 2.29. The van der Waals surface area contributed by atoms with Crippen LogP contribution in [0.25, 0.3) is 0 Å². The minimum atomic E-state index is -0.223. The smallest absolute Gasteiger partial charge is 0.333 e. The van der Waals surface area contributed by atoms with Gasteiger partial charge in [0, 0.05) is 5.57 Å². The molecule has 2 nitrogen and oxygen atoms in total. The first-order valence-corrected chi connectivity index (χ1v) is 8.48. The molecule has 0 aromatic heterocycles. The summed E-state index contributed by atoms with van der Waals surface area (Å²) in [6, 6.07) is 0. The number of hydrogen-bond acceptors (Lipinski definition) is 2.